The second-order valence-corrected chi connectivity index (χ2v) is 8.32. The van der Waals surface area contributed by atoms with Crippen LogP contribution in [-0.4, -0.2) is 41.4 Å². The number of hydrogen-bond donors (Lipinski definition) is 1. The second kappa shape index (κ2) is 9.42. The van der Waals surface area contributed by atoms with Crippen molar-refractivity contribution in [3.63, 3.8) is 0 Å². The zero-order valence-corrected chi connectivity index (χ0v) is 18.5. The summed E-state index contributed by atoms with van der Waals surface area (Å²) in [6.45, 7) is 4.46. The number of nitrogens with one attached hydrogen (secondary N) is 1. The van der Waals surface area contributed by atoms with Crippen molar-refractivity contribution in [1.29, 1.82) is 0 Å². The molecule has 2 unspecified atom stereocenters. The van der Waals surface area contributed by atoms with Gasteiger partial charge in [-0.05, 0) is 62.1 Å². The van der Waals surface area contributed by atoms with E-state index in [4.69, 9.17) is 4.74 Å². The van der Waals surface area contributed by atoms with Crippen LogP contribution in [0, 0.1) is 5.92 Å². The number of nitrogens with zero attached hydrogens (tertiary/aromatic N) is 2. The molecule has 2 aromatic rings. The molecule has 7 nitrogen and oxygen atoms in total. The van der Waals surface area contributed by atoms with Crippen LogP contribution in [0.1, 0.15) is 39.5 Å². The van der Waals surface area contributed by atoms with E-state index < -0.39 is 6.04 Å². The number of carbonyl (C=O) groups excluding carboxylic acids is 3. The summed E-state index contributed by atoms with van der Waals surface area (Å²) in [7, 11) is 0. The molecule has 32 heavy (non-hydrogen) atoms. The summed E-state index contributed by atoms with van der Waals surface area (Å²) >= 11 is 0. The van der Waals surface area contributed by atoms with Gasteiger partial charge in [-0.1, -0.05) is 32.0 Å². The van der Waals surface area contributed by atoms with E-state index in [-0.39, 0.29) is 29.8 Å². The fraction of sp³-hybridized carbons (Fsp3) is 0.400. The van der Waals surface area contributed by atoms with E-state index in [2.05, 4.69) is 5.32 Å². The Labute approximate surface area is 188 Å². The molecule has 2 atom stereocenters. The molecule has 168 valence electrons. The number of rotatable bonds is 7. The Balaban J connectivity index is 1.43. The first-order valence-corrected chi connectivity index (χ1v) is 11.3. The Morgan fingerprint density at radius 1 is 1.03 bits per heavy atom. The molecule has 2 aliphatic heterocycles. The van der Waals surface area contributed by atoms with Gasteiger partial charge in [-0.25, -0.2) is 9.69 Å². The molecule has 0 bridgehead atoms. The molecule has 0 aromatic heterocycles. The molecule has 2 aliphatic rings. The number of para-hydroxylation sites is 1. The van der Waals surface area contributed by atoms with Gasteiger partial charge in [-0.3, -0.25) is 9.59 Å². The van der Waals surface area contributed by atoms with Crippen LogP contribution in [-0.2, 0) is 9.59 Å². The molecule has 0 saturated carbocycles. The lowest BCUT2D eigenvalue weighted by atomic mass is 9.96. The summed E-state index contributed by atoms with van der Waals surface area (Å²) in [6, 6.07) is 15.4. The Bertz CT molecular complexity index is 972. The van der Waals surface area contributed by atoms with Crippen LogP contribution in [0.2, 0.25) is 0 Å². The van der Waals surface area contributed by atoms with Crippen LogP contribution in [0.4, 0.5) is 10.5 Å². The lowest BCUT2D eigenvalue weighted by Gasteiger charge is -2.33. The molecular formula is C25H29N3O4. The number of fused-ring (bicyclic) bond motifs is 1. The normalized spacial score (nSPS) is 20.5. The minimum Gasteiger partial charge on any atom is -0.457 e. The smallest absolute Gasteiger partial charge is 0.332 e. The molecule has 2 aromatic carbocycles. The Hall–Kier alpha value is -3.35. The fourth-order valence-electron chi connectivity index (χ4n) is 4.44. The first-order chi connectivity index (χ1) is 15.5. The van der Waals surface area contributed by atoms with Gasteiger partial charge < -0.3 is 15.0 Å². The lowest BCUT2D eigenvalue weighted by Crippen LogP contribution is -2.50. The minimum absolute atomic E-state index is 0.0120. The number of anilines is 1. The first-order valence-electron chi connectivity index (χ1n) is 11.3. The van der Waals surface area contributed by atoms with Crippen molar-refractivity contribution in [3.8, 4) is 11.5 Å². The van der Waals surface area contributed by atoms with Crippen molar-refractivity contribution in [2.75, 3.05) is 11.4 Å². The van der Waals surface area contributed by atoms with Crippen LogP contribution in [0.15, 0.2) is 54.6 Å². The van der Waals surface area contributed by atoms with E-state index in [0.717, 1.165) is 12.8 Å². The fourth-order valence-corrected chi connectivity index (χ4v) is 4.44. The van der Waals surface area contributed by atoms with E-state index >= 15 is 0 Å². The molecule has 0 aliphatic carbocycles. The average molecular weight is 436 g/mol. The number of hydrogen-bond acceptors (Lipinski definition) is 4. The van der Waals surface area contributed by atoms with Crippen molar-refractivity contribution < 1.29 is 19.1 Å². The zero-order valence-electron chi connectivity index (χ0n) is 18.5. The van der Waals surface area contributed by atoms with Crippen molar-refractivity contribution in [2.45, 2.75) is 51.6 Å². The quantitative estimate of drug-likeness (QED) is 0.657. The van der Waals surface area contributed by atoms with E-state index in [1.807, 2.05) is 44.2 Å². The summed E-state index contributed by atoms with van der Waals surface area (Å²) in [5.74, 6) is 1.12. The Morgan fingerprint density at radius 3 is 2.34 bits per heavy atom. The summed E-state index contributed by atoms with van der Waals surface area (Å²) in [4.78, 5) is 41.4. The van der Waals surface area contributed by atoms with Gasteiger partial charge >= 0.3 is 6.03 Å². The van der Waals surface area contributed by atoms with E-state index in [0.29, 0.717) is 36.6 Å². The van der Waals surface area contributed by atoms with E-state index in [1.54, 1.807) is 29.2 Å². The van der Waals surface area contributed by atoms with Crippen molar-refractivity contribution >= 4 is 23.5 Å². The highest BCUT2D eigenvalue weighted by molar-refractivity contribution is 6.21. The molecule has 2 saturated heterocycles. The third kappa shape index (κ3) is 4.33. The Morgan fingerprint density at radius 2 is 1.69 bits per heavy atom. The van der Waals surface area contributed by atoms with E-state index in [1.165, 1.54) is 4.90 Å². The van der Waals surface area contributed by atoms with Gasteiger partial charge in [-0.2, -0.15) is 0 Å². The number of carbonyl (C=O) groups is 3. The topological polar surface area (TPSA) is 79.0 Å². The number of amides is 4. The first kappa shape index (κ1) is 21.9. The van der Waals surface area contributed by atoms with E-state index in [9.17, 15) is 14.4 Å². The maximum Gasteiger partial charge on any atom is 0.332 e. The number of ether oxygens (including phenoxy) is 1. The number of benzene rings is 2. The summed E-state index contributed by atoms with van der Waals surface area (Å²) < 4.78 is 5.79. The van der Waals surface area contributed by atoms with Crippen molar-refractivity contribution in [3.05, 3.63) is 54.6 Å². The number of imide groups is 1. The predicted molar refractivity (Wildman–Crippen MR) is 122 cm³/mol. The highest BCUT2D eigenvalue weighted by Gasteiger charge is 2.48. The molecule has 1 N–H and O–H groups in total. The summed E-state index contributed by atoms with van der Waals surface area (Å²) in [5.41, 5.74) is 0.521. The lowest BCUT2D eigenvalue weighted by molar-refractivity contribution is -0.127. The van der Waals surface area contributed by atoms with Crippen LogP contribution in [0.25, 0.3) is 0 Å². The van der Waals surface area contributed by atoms with Gasteiger partial charge in [0.05, 0.1) is 5.69 Å². The molecule has 2 heterocycles. The van der Waals surface area contributed by atoms with Gasteiger partial charge in [0, 0.05) is 18.5 Å². The molecule has 4 rings (SSSR count). The third-order valence-electron chi connectivity index (χ3n) is 6.32. The van der Waals surface area contributed by atoms with Gasteiger partial charge in [0.25, 0.3) is 5.91 Å². The predicted octanol–water partition coefficient (Wildman–Crippen LogP) is 4.33. The number of piperidine rings is 1. The van der Waals surface area contributed by atoms with Crippen LogP contribution in [0.5, 0.6) is 11.5 Å². The minimum atomic E-state index is -0.538. The van der Waals surface area contributed by atoms with Gasteiger partial charge in [0.15, 0.2) is 0 Å². The van der Waals surface area contributed by atoms with Gasteiger partial charge in [0.2, 0.25) is 5.91 Å². The highest BCUT2D eigenvalue weighted by atomic mass is 16.5. The maximum absolute atomic E-state index is 13.1. The molecular weight excluding hydrogens is 406 g/mol. The summed E-state index contributed by atoms with van der Waals surface area (Å²) in [6.07, 6.45) is 2.68. The van der Waals surface area contributed by atoms with Crippen LogP contribution < -0.4 is 15.0 Å². The average Bonchev–Trinajstić information content (AvgIpc) is 3.05. The molecule has 0 spiro atoms. The monoisotopic (exact) mass is 435 g/mol. The van der Waals surface area contributed by atoms with Gasteiger partial charge in [0.1, 0.15) is 17.5 Å². The van der Waals surface area contributed by atoms with Crippen LogP contribution in [0.3, 0.4) is 0 Å². The van der Waals surface area contributed by atoms with Crippen molar-refractivity contribution in [1.82, 2.24) is 10.2 Å². The zero-order chi connectivity index (χ0) is 22.7. The second-order valence-electron chi connectivity index (χ2n) is 8.32. The SMILES string of the molecule is CCC(CC)C(=O)NC1CCN2C(=O)N(c3ccc(Oc4ccccc4)cc3)C(=O)C2C1. The molecule has 0 radical (unpaired) electrons. The number of urea groups is 1. The van der Waals surface area contributed by atoms with Crippen molar-refractivity contribution in [2.24, 2.45) is 5.92 Å². The standard InChI is InChI=1S/C25H29N3O4/c1-3-17(4-2)23(29)26-18-14-15-27-22(16-18)24(30)28(25(27)31)19-10-12-21(13-11-19)32-20-8-6-5-7-9-20/h5-13,17-18,22H,3-4,14-16H2,1-2H3,(H,26,29). The third-order valence-corrected chi connectivity index (χ3v) is 6.32. The largest absolute Gasteiger partial charge is 0.457 e. The van der Waals surface area contributed by atoms with Gasteiger partial charge in [-0.15, -0.1) is 0 Å². The molecule has 2 fully saturated rings. The van der Waals surface area contributed by atoms with Crippen LogP contribution >= 0.6 is 0 Å². The Kier molecular flexibility index (Phi) is 6.44. The molecule has 4 amide bonds. The highest BCUT2D eigenvalue weighted by Crippen LogP contribution is 2.32. The molecule has 7 heteroatoms. The summed E-state index contributed by atoms with van der Waals surface area (Å²) in [5, 5.41) is 3.09. The maximum atomic E-state index is 13.1.